The first-order valence-corrected chi connectivity index (χ1v) is 9.34. The van der Waals surface area contributed by atoms with E-state index in [2.05, 4.69) is 36.9 Å². The molecule has 4 heteroatoms. The Morgan fingerprint density at radius 2 is 1.32 bits per heavy atom. The first-order valence-electron chi connectivity index (χ1n) is 8.76. The second kappa shape index (κ2) is 13.3. The van der Waals surface area contributed by atoms with E-state index in [4.69, 9.17) is 14.6 Å². The molecule has 2 unspecified atom stereocenters. The Kier molecular flexibility index (Phi) is 14.6. The summed E-state index contributed by atoms with van der Waals surface area (Å²) < 4.78 is 5.98. The lowest BCUT2D eigenvalue weighted by molar-refractivity contribution is -0.134. The van der Waals surface area contributed by atoms with Gasteiger partial charge >= 0.3 is 0 Å². The van der Waals surface area contributed by atoms with Gasteiger partial charge in [-0.3, -0.25) is 4.79 Å². The molecule has 0 heterocycles. The fourth-order valence-electron chi connectivity index (χ4n) is 2.71. The quantitative estimate of drug-likeness (QED) is 0.495. The molecule has 2 atom stereocenters. The fraction of sp³-hybridized carbons (Fsp3) is 0.944. The highest BCUT2D eigenvalue weighted by atomic mass is 31.0. The Morgan fingerprint density at radius 3 is 1.59 bits per heavy atom. The minimum Gasteiger partial charge on any atom is -0.481 e. The van der Waals surface area contributed by atoms with E-state index in [1.54, 1.807) is 0 Å². The van der Waals surface area contributed by atoms with Gasteiger partial charge in [0.05, 0.1) is 5.60 Å². The number of carbonyl (C=O) groups is 1. The van der Waals surface area contributed by atoms with Gasteiger partial charge in [0.15, 0.2) is 0 Å². The molecule has 0 rings (SSSR count). The SMILES string of the molecule is CC(=O)O.CCCCC(P)(CCCC)C(C)(CCCC)OC. The number of unbranched alkanes of at least 4 members (excludes halogenated alkanes) is 3. The van der Waals surface area contributed by atoms with Crippen molar-refractivity contribution in [3.63, 3.8) is 0 Å². The molecule has 0 spiro atoms. The minimum atomic E-state index is -0.833. The van der Waals surface area contributed by atoms with E-state index in [9.17, 15) is 0 Å². The molecule has 134 valence electrons. The molecule has 0 aliphatic rings. The van der Waals surface area contributed by atoms with Crippen LogP contribution in [0, 0.1) is 0 Å². The topological polar surface area (TPSA) is 46.5 Å². The van der Waals surface area contributed by atoms with Crippen LogP contribution in [-0.4, -0.2) is 28.9 Å². The van der Waals surface area contributed by atoms with Crippen LogP contribution in [-0.2, 0) is 9.53 Å². The molecule has 22 heavy (non-hydrogen) atoms. The predicted molar refractivity (Wildman–Crippen MR) is 99.7 cm³/mol. The normalized spacial score (nSPS) is 14.0. The Bertz CT molecular complexity index is 270. The zero-order valence-electron chi connectivity index (χ0n) is 15.7. The Morgan fingerprint density at radius 1 is 1.00 bits per heavy atom. The third-order valence-electron chi connectivity index (χ3n) is 4.46. The highest BCUT2D eigenvalue weighted by Crippen LogP contribution is 2.45. The lowest BCUT2D eigenvalue weighted by Crippen LogP contribution is -2.49. The van der Waals surface area contributed by atoms with E-state index in [1.165, 1.54) is 57.8 Å². The average molecular weight is 334 g/mol. The highest BCUT2D eigenvalue weighted by Gasteiger charge is 2.43. The van der Waals surface area contributed by atoms with Crippen LogP contribution in [0.4, 0.5) is 0 Å². The third-order valence-corrected chi connectivity index (χ3v) is 5.65. The maximum atomic E-state index is 9.00. The van der Waals surface area contributed by atoms with Gasteiger partial charge in [0, 0.05) is 19.2 Å². The summed E-state index contributed by atoms with van der Waals surface area (Å²) in [6, 6.07) is 0. The molecular formula is C18H39O3P. The van der Waals surface area contributed by atoms with Crippen molar-refractivity contribution in [3.8, 4) is 0 Å². The van der Waals surface area contributed by atoms with E-state index >= 15 is 0 Å². The van der Waals surface area contributed by atoms with E-state index in [0.717, 1.165) is 6.92 Å². The van der Waals surface area contributed by atoms with Gasteiger partial charge in [-0.1, -0.05) is 59.3 Å². The third kappa shape index (κ3) is 9.79. The van der Waals surface area contributed by atoms with Crippen LogP contribution in [0.5, 0.6) is 0 Å². The van der Waals surface area contributed by atoms with Gasteiger partial charge in [-0.05, 0) is 26.2 Å². The number of carboxylic acids is 1. The molecule has 0 bridgehead atoms. The molecular weight excluding hydrogens is 295 g/mol. The van der Waals surface area contributed by atoms with Gasteiger partial charge in [0.1, 0.15) is 0 Å². The van der Waals surface area contributed by atoms with Crippen LogP contribution in [0.2, 0.25) is 0 Å². The van der Waals surface area contributed by atoms with Gasteiger partial charge in [-0.15, -0.1) is 9.24 Å². The van der Waals surface area contributed by atoms with Gasteiger partial charge in [-0.25, -0.2) is 0 Å². The van der Waals surface area contributed by atoms with Gasteiger partial charge in [0.2, 0.25) is 0 Å². The van der Waals surface area contributed by atoms with E-state index in [-0.39, 0.29) is 10.8 Å². The summed E-state index contributed by atoms with van der Waals surface area (Å²) in [5.41, 5.74) is 0.0119. The Balaban J connectivity index is 0. The van der Waals surface area contributed by atoms with Crippen molar-refractivity contribution in [2.75, 3.05) is 7.11 Å². The van der Waals surface area contributed by atoms with Crippen LogP contribution in [0.15, 0.2) is 0 Å². The number of carboxylic acid groups (broad SMARTS) is 1. The smallest absolute Gasteiger partial charge is 0.300 e. The number of hydrogen-bond donors (Lipinski definition) is 1. The summed E-state index contributed by atoms with van der Waals surface area (Å²) in [6.07, 6.45) is 11.4. The first-order chi connectivity index (χ1) is 10.2. The monoisotopic (exact) mass is 334 g/mol. The van der Waals surface area contributed by atoms with Crippen molar-refractivity contribution < 1.29 is 14.6 Å². The molecule has 0 saturated carbocycles. The van der Waals surface area contributed by atoms with Crippen molar-refractivity contribution in [1.29, 1.82) is 0 Å². The lowest BCUT2D eigenvalue weighted by atomic mass is 9.77. The Labute approximate surface area is 140 Å². The standard InChI is InChI=1S/C16H35OP.C2H4O2/c1-6-9-12-15(4,17-5)16(18,13-10-7-2)14-11-8-3;1-2(3)4/h6-14,18H2,1-5H3;1H3,(H,3,4). The first kappa shape index (κ1) is 24.1. The second-order valence-electron chi connectivity index (χ2n) is 6.42. The van der Waals surface area contributed by atoms with Crippen molar-refractivity contribution in [2.45, 2.75) is 103 Å². The predicted octanol–water partition coefficient (Wildman–Crippen LogP) is 5.67. The molecule has 1 N–H and O–H groups in total. The summed E-state index contributed by atoms with van der Waals surface area (Å²) in [4.78, 5) is 9.00. The fourth-order valence-corrected chi connectivity index (χ4v) is 3.38. The molecule has 0 radical (unpaired) electrons. The highest BCUT2D eigenvalue weighted by molar-refractivity contribution is 7.19. The van der Waals surface area contributed by atoms with Crippen molar-refractivity contribution in [2.24, 2.45) is 0 Å². The molecule has 0 aliphatic carbocycles. The van der Waals surface area contributed by atoms with Crippen LogP contribution in [0.3, 0.4) is 0 Å². The minimum absolute atomic E-state index is 0.0119. The molecule has 0 aromatic carbocycles. The summed E-state index contributed by atoms with van der Waals surface area (Å²) in [7, 11) is 5.07. The summed E-state index contributed by atoms with van der Waals surface area (Å²) in [5.74, 6) is -0.833. The van der Waals surface area contributed by atoms with E-state index < -0.39 is 5.97 Å². The molecule has 0 saturated heterocycles. The summed E-state index contributed by atoms with van der Waals surface area (Å²) >= 11 is 0. The second-order valence-corrected chi connectivity index (χ2v) is 7.53. The van der Waals surface area contributed by atoms with Crippen molar-refractivity contribution in [1.82, 2.24) is 0 Å². The largest absolute Gasteiger partial charge is 0.481 e. The zero-order chi connectivity index (χ0) is 17.6. The van der Waals surface area contributed by atoms with E-state index in [1.807, 2.05) is 7.11 Å². The van der Waals surface area contributed by atoms with Gasteiger partial charge in [0.25, 0.3) is 5.97 Å². The molecule has 0 aliphatic heterocycles. The van der Waals surface area contributed by atoms with Crippen molar-refractivity contribution >= 4 is 15.2 Å². The molecule has 0 fully saturated rings. The number of hydrogen-bond acceptors (Lipinski definition) is 2. The van der Waals surface area contributed by atoms with Gasteiger partial charge < -0.3 is 9.84 Å². The molecule has 3 nitrogen and oxygen atoms in total. The Hall–Kier alpha value is -0.140. The zero-order valence-corrected chi connectivity index (χ0v) is 16.9. The average Bonchev–Trinajstić information content (AvgIpc) is 2.47. The van der Waals surface area contributed by atoms with Crippen LogP contribution >= 0.6 is 9.24 Å². The number of aliphatic carboxylic acids is 1. The number of methoxy groups -OCH3 is 1. The van der Waals surface area contributed by atoms with Gasteiger partial charge in [-0.2, -0.15) is 0 Å². The summed E-state index contributed by atoms with van der Waals surface area (Å²) in [5, 5.41) is 7.67. The van der Waals surface area contributed by atoms with Crippen LogP contribution in [0.25, 0.3) is 0 Å². The van der Waals surface area contributed by atoms with Crippen LogP contribution in [0.1, 0.15) is 92.4 Å². The molecule has 0 aromatic heterocycles. The van der Waals surface area contributed by atoms with E-state index in [0.29, 0.717) is 0 Å². The summed E-state index contributed by atoms with van der Waals surface area (Å²) in [6.45, 7) is 10.2. The number of rotatable bonds is 11. The maximum Gasteiger partial charge on any atom is 0.300 e. The maximum absolute atomic E-state index is 9.00. The van der Waals surface area contributed by atoms with Crippen molar-refractivity contribution in [3.05, 3.63) is 0 Å². The molecule has 0 amide bonds. The van der Waals surface area contributed by atoms with Crippen LogP contribution < -0.4 is 0 Å². The molecule has 0 aromatic rings. The number of ether oxygens (including phenoxy) is 1. The lowest BCUT2D eigenvalue weighted by Gasteiger charge is -2.46.